The fourth-order valence-corrected chi connectivity index (χ4v) is 2.32. The van der Waals surface area contributed by atoms with Gasteiger partial charge in [0.1, 0.15) is 20.2 Å². The van der Waals surface area contributed by atoms with Gasteiger partial charge in [-0.05, 0) is 12.1 Å². The summed E-state index contributed by atoms with van der Waals surface area (Å²) in [7, 11) is 2.57. The van der Waals surface area contributed by atoms with Crippen LogP contribution < -0.4 is 21.3 Å². The van der Waals surface area contributed by atoms with Crippen LogP contribution >= 0.6 is 0 Å². The number of hydrogen-bond acceptors (Lipinski definition) is 8. The highest BCUT2D eigenvalue weighted by atomic mass is 32.2. The molecule has 0 aliphatic rings. The molecule has 0 heterocycles. The van der Waals surface area contributed by atoms with Gasteiger partial charge in [-0.25, -0.2) is 16.8 Å². The van der Waals surface area contributed by atoms with Gasteiger partial charge in [0, 0.05) is 0 Å². The van der Waals surface area contributed by atoms with Crippen molar-refractivity contribution in [2.24, 2.45) is 0 Å². The fourth-order valence-electron chi connectivity index (χ4n) is 1.03. The Balaban J connectivity index is 0. The molecule has 0 amide bonds. The van der Waals surface area contributed by atoms with E-state index < -0.39 is 41.4 Å². The van der Waals surface area contributed by atoms with E-state index >= 15 is 0 Å². The first-order chi connectivity index (χ1) is 10.5. The van der Waals surface area contributed by atoms with Crippen molar-refractivity contribution in [1.29, 1.82) is 0 Å². The van der Waals surface area contributed by atoms with Crippen LogP contribution in [0, 0.1) is 0 Å². The molecule has 142 valence electrons. The lowest BCUT2D eigenvalue weighted by Crippen LogP contribution is -3.02. The first-order valence-corrected chi connectivity index (χ1v) is 9.46. The highest BCUT2D eigenvalue weighted by molar-refractivity contribution is 7.86. The van der Waals surface area contributed by atoms with E-state index in [1.54, 1.807) is 0 Å². The predicted octanol–water partition coefficient (Wildman–Crippen LogP) is -3.82. The molecule has 0 fully saturated rings. The maximum Gasteiger partial charge on any atom is 0.126 e. The Morgan fingerprint density at radius 3 is 1.08 bits per heavy atom. The molecule has 0 aromatic heterocycles. The summed E-state index contributed by atoms with van der Waals surface area (Å²) >= 11 is 0. The molecule has 0 aliphatic carbocycles. The summed E-state index contributed by atoms with van der Waals surface area (Å²) in [6, 6.07) is 1.09. The summed E-state index contributed by atoms with van der Waals surface area (Å²) in [4.78, 5) is 0.854. The summed E-state index contributed by atoms with van der Waals surface area (Å²) < 4.78 is 64.0. The molecule has 0 unspecified atom stereocenters. The summed E-state index contributed by atoms with van der Waals surface area (Å²) in [5.74, 6) is 0. The molecule has 6 N–H and O–H groups in total. The molecule has 0 radical (unpaired) electrons. The maximum atomic E-state index is 10.7. The summed E-state index contributed by atoms with van der Waals surface area (Å²) in [5.41, 5.74) is 9.30. The van der Waals surface area contributed by atoms with Crippen molar-refractivity contribution in [3.63, 3.8) is 0 Å². The van der Waals surface area contributed by atoms with Crippen molar-refractivity contribution in [3.8, 4) is 0 Å². The van der Waals surface area contributed by atoms with Crippen molar-refractivity contribution in [3.05, 3.63) is 12.1 Å². The minimum atomic E-state index is -4.97. The van der Waals surface area contributed by atoms with E-state index in [1.807, 2.05) is 0 Å². The van der Waals surface area contributed by atoms with Gasteiger partial charge in [-0.1, -0.05) is 0 Å². The third-order valence-corrected chi connectivity index (χ3v) is 3.47. The minimum Gasteiger partial charge on any atom is -0.744 e. The van der Waals surface area contributed by atoms with Crippen LogP contribution in [0.25, 0.3) is 0 Å². The predicted molar refractivity (Wildman–Crippen MR) is 88.7 cm³/mol. The van der Waals surface area contributed by atoms with E-state index in [2.05, 4.69) is 42.3 Å². The average Bonchev–Trinajstić information content (AvgIpc) is 2.22. The number of anilines is 2. The molecule has 10 nitrogen and oxygen atoms in total. The summed E-state index contributed by atoms with van der Waals surface area (Å²) in [6.45, 7) is 0. The number of nitrogens with one attached hydrogen (secondary N) is 2. The highest BCUT2D eigenvalue weighted by Crippen LogP contribution is 2.27. The second kappa shape index (κ2) is 9.76. The zero-order chi connectivity index (χ0) is 19.9. The number of nitrogen functional groups attached to an aromatic ring is 2. The molecule has 1 aromatic carbocycles. The van der Waals surface area contributed by atoms with Crippen molar-refractivity contribution >= 4 is 31.6 Å². The fraction of sp³-hybridized carbons (Fsp3) is 0.500. The monoisotopic (exact) mass is 386 g/mol. The molecule has 1 aromatic rings. The number of rotatable bonds is 2. The second-order valence-corrected chi connectivity index (χ2v) is 8.53. The number of benzene rings is 1. The summed E-state index contributed by atoms with van der Waals surface area (Å²) in [5, 5.41) is 0. The normalized spacial score (nSPS) is 11.4. The third kappa shape index (κ3) is 11.2. The standard InChI is InChI=1S/C6H8N2O6S2.2C3H9N/c7-3-1-4(8)6(16(12,13)14)2-5(3)15(9,10)11;2*1-4(2)3/h1-2H,7-8H2,(H,9,10,11)(H,12,13,14);2*1-3H3. The molecule has 24 heavy (non-hydrogen) atoms. The number of quaternary nitrogens is 2. The van der Waals surface area contributed by atoms with E-state index in [0.717, 1.165) is 6.07 Å². The van der Waals surface area contributed by atoms with Crippen molar-refractivity contribution < 1.29 is 35.7 Å². The minimum absolute atomic E-state index is 0.356. The van der Waals surface area contributed by atoms with Crippen LogP contribution in [0.1, 0.15) is 0 Å². The number of hydrogen-bond donors (Lipinski definition) is 4. The van der Waals surface area contributed by atoms with Crippen molar-refractivity contribution in [2.75, 3.05) is 53.8 Å². The van der Waals surface area contributed by atoms with Gasteiger partial charge in [-0.2, -0.15) is 0 Å². The molecule has 1 rings (SSSR count). The van der Waals surface area contributed by atoms with E-state index in [1.165, 1.54) is 9.80 Å². The van der Waals surface area contributed by atoms with Gasteiger partial charge >= 0.3 is 0 Å². The van der Waals surface area contributed by atoms with Gasteiger partial charge in [0.05, 0.1) is 63.5 Å². The van der Waals surface area contributed by atoms with Crippen LogP contribution in [0.3, 0.4) is 0 Å². The lowest BCUT2D eigenvalue weighted by molar-refractivity contribution is -0.836. The van der Waals surface area contributed by atoms with Gasteiger partial charge in [-0.15, -0.1) is 0 Å². The largest absolute Gasteiger partial charge is 0.744 e. The molecule has 0 aliphatic heterocycles. The Kier molecular flexibility index (Phi) is 10.1. The number of nitrogens with two attached hydrogens (primary N) is 2. The lowest BCUT2D eigenvalue weighted by Gasteiger charge is -2.15. The van der Waals surface area contributed by atoms with Crippen LogP contribution in [0.5, 0.6) is 0 Å². The molecule has 0 spiro atoms. The van der Waals surface area contributed by atoms with Gasteiger partial charge < -0.3 is 30.4 Å². The van der Waals surface area contributed by atoms with Gasteiger partial charge in [-0.3, -0.25) is 0 Å². The zero-order valence-corrected chi connectivity index (χ0v) is 16.2. The van der Waals surface area contributed by atoms with E-state index in [9.17, 15) is 25.9 Å². The quantitative estimate of drug-likeness (QED) is 0.295. The third-order valence-electron chi connectivity index (χ3n) is 1.68. The van der Waals surface area contributed by atoms with Gasteiger partial charge in [0.15, 0.2) is 0 Å². The van der Waals surface area contributed by atoms with E-state index in [4.69, 9.17) is 11.5 Å². The highest BCUT2D eigenvalue weighted by Gasteiger charge is 2.14. The van der Waals surface area contributed by atoms with Crippen LogP contribution in [-0.2, 0) is 20.2 Å². The summed E-state index contributed by atoms with van der Waals surface area (Å²) in [6.07, 6.45) is 0. The molecule has 0 atom stereocenters. The van der Waals surface area contributed by atoms with E-state index in [0.29, 0.717) is 6.07 Å². The van der Waals surface area contributed by atoms with Crippen LogP contribution in [0.2, 0.25) is 0 Å². The average molecular weight is 386 g/mol. The zero-order valence-electron chi connectivity index (χ0n) is 14.6. The van der Waals surface area contributed by atoms with Crippen LogP contribution in [0.4, 0.5) is 11.4 Å². The lowest BCUT2D eigenvalue weighted by atomic mass is 10.3. The first-order valence-electron chi connectivity index (χ1n) is 6.64. The molecular weight excluding hydrogens is 360 g/mol. The second-order valence-electron chi connectivity index (χ2n) is 5.84. The smallest absolute Gasteiger partial charge is 0.126 e. The van der Waals surface area contributed by atoms with E-state index in [-0.39, 0.29) is 0 Å². The Morgan fingerprint density at radius 1 is 0.708 bits per heavy atom. The molecule has 0 bridgehead atoms. The topological polar surface area (TPSA) is 175 Å². The van der Waals surface area contributed by atoms with Crippen molar-refractivity contribution in [2.45, 2.75) is 9.79 Å². The van der Waals surface area contributed by atoms with Crippen molar-refractivity contribution in [1.82, 2.24) is 0 Å². The molecule has 0 saturated heterocycles. The molecule has 12 heteroatoms. The first kappa shape index (κ1) is 24.8. The Labute approximate surface area is 143 Å². The van der Waals surface area contributed by atoms with Crippen LogP contribution in [0.15, 0.2) is 21.9 Å². The Hall–Kier alpha value is -1.44. The SMILES string of the molecule is C[NH+](C)C.C[NH+](C)C.Nc1cc(N)c(S(=O)(=O)[O-])cc1S(=O)(=O)[O-]. The van der Waals surface area contributed by atoms with Gasteiger partial charge in [0.2, 0.25) is 0 Å². The van der Waals surface area contributed by atoms with Gasteiger partial charge in [0.25, 0.3) is 0 Å². The maximum absolute atomic E-state index is 10.7. The van der Waals surface area contributed by atoms with Crippen LogP contribution in [-0.4, -0.2) is 68.2 Å². The molecule has 0 saturated carbocycles. The Morgan fingerprint density at radius 2 is 0.917 bits per heavy atom. The Bertz CT molecular complexity index is 665. The molecular formula is C12H26N4O6S2.